The van der Waals surface area contributed by atoms with Gasteiger partial charge in [-0.3, -0.25) is 0 Å². The molecule has 3 aromatic heterocycles. The monoisotopic (exact) mass is 340 g/mol. The Kier molecular flexibility index (Phi) is 3.61. The molecule has 4 aromatic rings. The van der Waals surface area contributed by atoms with Crippen LogP contribution in [0.25, 0.3) is 16.6 Å². The Balaban J connectivity index is 1.51. The van der Waals surface area contributed by atoms with Gasteiger partial charge in [0.15, 0.2) is 11.5 Å². The normalized spacial score (nSPS) is 11.5. The molecule has 7 heteroatoms. The number of nitrogens with one attached hydrogen (secondary N) is 1. The van der Waals surface area contributed by atoms with Crippen LogP contribution < -0.4 is 5.32 Å². The quantitative estimate of drug-likeness (QED) is 0.619. The van der Waals surface area contributed by atoms with E-state index in [2.05, 4.69) is 37.4 Å². The van der Waals surface area contributed by atoms with Crippen LogP contribution in [-0.4, -0.2) is 30.9 Å². The van der Waals surface area contributed by atoms with Crippen molar-refractivity contribution >= 4 is 34.0 Å². The number of anilines is 1. The Morgan fingerprint density at radius 1 is 1.17 bits per heavy atom. The third-order valence-electron chi connectivity index (χ3n) is 4.15. The fourth-order valence-electron chi connectivity index (χ4n) is 2.96. The van der Waals surface area contributed by atoms with Crippen molar-refractivity contribution in [3.63, 3.8) is 0 Å². The maximum Gasteiger partial charge on any atom is 0.178 e. The molecular weight excluding hydrogens is 324 g/mol. The molecule has 0 aliphatic rings. The summed E-state index contributed by atoms with van der Waals surface area (Å²) >= 11 is 6.09. The predicted molar refractivity (Wildman–Crippen MR) is 95.6 cm³/mol. The van der Waals surface area contributed by atoms with Crippen LogP contribution in [0.2, 0.25) is 5.02 Å². The molecule has 122 valence electrons. The van der Waals surface area contributed by atoms with Crippen molar-refractivity contribution in [2.45, 2.75) is 13.3 Å². The Labute approximate surface area is 144 Å². The second-order valence-electron chi connectivity index (χ2n) is 5.84. The number of benzene rings is 1. The molecule has 3 heterocycles. The molecule has 0 amide bonds. The van der Waals surface area contributed by atoms with Crippen LogP contribution in [0.1, 0.15) is 11.4 Å². The summed E-state index contributed by atoms with van der Waals surface area (Å²) in [6.07, 6.45) is 3.06. The van der Waals surface area contributed by atoms with E-state index in [0.29, 0.717) is 0 Å². The number of nitrogens with zero attached hydrogens (tertiary/aromatic N) is 5. The van der Waals surface area contributed by atoms with Crippen LogP contribution in [0.15, 0.2) is 36.5 Å². The molecular formula is C17H17ClN6. The molecule has 0 saturated carbocycles. The molecule has 0 fully saturated rings. The lowest BCUT2D eigenvalue weighted by molar-refractivity contribution is 0.867. The highest BCUT2D eigenvalue weighted by molar-refractivity contribution is 6.31. The number of hydrogen-bond donors (Lipinski definition) is 1. The lowest BCUT2D eigenvalue weighted by Gasteiger charge is -2.05. The third kappa shape index (κ3) is 2.59. The lowest BCUT2D eigenvalue weighted by atomic mass is 10.1. The summed E-state index contributed by atoms with van der Waals surface area (Å²) < 4.78 is 3.85. The van der Waals surface area contributed by atoms with E-state index in [1.54, 1.807) is 4.52 Å². The molecule has 0 aliphatic carbocycles. The van der Waals surface area contributed by atoms with Gasteiger partial charge in [0.1, 0.15) is 5.82 Å². The van der Waals surface area contributed by atoms with Crippen LogP contribution >= 0.6 is 11.6 Å². The Bertz CT molecular complexity index is 1030. The van der Waals surface area contributed by atoms with E-state index in [9.17, 15) is 0 Å². The summed E-state index contributed by atoms with van der Waals surface area (Å²) in [5, 5.41) is 17.9. The highest BCUT2D eigenvalue weighted by Crippen LogP contribution is 2.24. The summed E-state index contributed by atoms with van der Waals surface area (Å²) in [5.41, 5.74) is 3.19. The highest BCUT2D eigenvalue weighted by atomic mass is 35.5. The minimum Gasteiger partial charge on any atom is -0.368 e. The minimum absolute atomic E-state index is 0.754. The summed E-state index contributed by atoms with van der Waals surface area (Å²) in [6.45, 7) is 2.68. The molecule has 6 nitrogen and oxygen atoms in total. The zero-order chi connectivity index (χ0) is 16.7. The third-order valence-corrected chi connectivity index (χ3v) is 4.39. The van der Waals surface area contributed by atoms with E-state index in [4.69, 9.17) is 11.6 Å². The molecule has 0 spiro atoms. The van der Waals surface area contributed by atoms with Crippen LogP contribution in [-0.2, 0) is 13.5 Å². The maximum absolute atomic E-state index is 6.09. The van der Waals surface area contributed by atoms with Crippen LogP contribution in [0.5, 0.6) is 0 Å². The van der Waals surface area contributed by atoms with Crippen molar-refractivity contribution in [2.75, 3.05) is 11.9 Å². The second kappa shape index (κ2) is 5.79. The molecule has 0 radical (unpaired) electrons. The first-order chi connectivity index (χ1) is 11.6. The first-order valence-corrected chi connectivity index (χ1v) is 8.16. The van der Waals surface area contributed by atoms with E-state index in [1.165, 1.54) is 10.9 Å². The van der Waals surface area contributed by atoms with Crippen molar-refractivity contribution in [1.29, 1.82) is 0 Å². The van der Waals surface area contributed by atoms with Gasteiger partial charge >= 0.3 is 0 Å². The van der Waals surface area contributed by atoms with E-state index in [-0.39, 0.29) is 0 Å². The molecule has 0 atom stereocenters. The minimum atomic E-state index is 0.754. The molecule has 24 heavy (non-hydrogen) atoms. The smallest absolute Gasteiger partial charge is 0.178 e. The second-order valence-corrected chi connectivity index (χ2v) is 6.28. The SMILES string of the molecule is Cc1nnc2ccc(NCCc3cn(C)c4cc(Cl)ccc34)nn12. The summed E-state index contributed by atoms with van der Waals surface area (Å²) in [5.74, 6) is 1.59. The van der Waals surface area contributed by atoms with Crippen molar-refractivity contribution < 1.29 is 0 Å². The van der Waals surface area contributed by atoms with Gasteiger partial charge in [-0.1, -0.05) is 17.7 Å². The van der Waals surface area contributed by atoms with Gasteiger partial charge in [-0.25, -0.2) is 0 Å². The molecule has 1 aromatic carbocycles. The largest absolute Gasteiger partial charge is 0.368 e. The van der Waals surface area contributed by atoms with Crippen LogP contribution in [0.3, 0.4) is 0 Å². The molecule has 0 saturated heterocycles. The molecule has 4 rings (SSSR count). The van der Waals surface area contributed by atoms with Crippen molar-refractivity contribution in [2.24, 2.45) is 7.05 Å². The van der Waals surface area contributed by atoms with Crippen molar-refractivity contribution in [3.8, 4) is 0 Å². The molecule has 0 unspecified atom stereocenters. The van der Waals surface area contributed by atoms with Gasteiger partial charge in [0.2, 0.25) is 0 Å². The standard InChI is InChI=1S/C17H17ClN6/c1-11-20-21-17-6-5-16(22-24(11)17)19-8-7-12-10-23(2)15-9-13(18)3-4-14(12)15/h3-6,9-10H,7-8H2,1-2H3,(H,19,22). The van der Waals surface area contributed by atoms with Crippen LogP contribution in [0, 0.1) is 6.92 Å². The van der Waals surface area contributed by atoms with Gasteiger partial charge in [0, 0.05) is 35.7 Å². The topological polar surface area (TPSA) is 60.0 Å². The van der Waals surface area contributed by atoms with Gasteiger partial charge in [-0.2, -0.15) is 4.52 Å². The van der Waals surface area contributed by atoms with E-state index in [1.807, 2.05) is 38.2 Å². The predicted octanol–water partition coefficient (Wildman–Crippen LogP) is 3.23. The van der Waals surface area contributed by atoms with Crippen molar-refractivity contribution in [1.82, 2.24) is 24.4 Å². The first-order valence-electron chi connectivity index (χ1n) is 7.78. The van der Waals surface area contributed by atoms with Gasteiger partial charge in [0.25, 0.3) is 0 Å². The lowest BCUT2D eigenvalue weighted by Crippen LogP contribution is -2.08. The Hall–Kier alpha value is -2.60. The van der Waals surface area contributed by atoms with Gasteiger partial charge in [-0.05, 0) is 43.2 Å². The number of aromatic nitrogens is 5. The number of rotatable bonds is 4. The molecule has 0 bridgehead atoms. The fourth-order valence-corrected chi connectivity index (χ4v) is 3.12. The highest BCUT2D eigenvalue weighted by Gasteiger charge is 2.08. The van der Waals surface area contributed by atoms with E-state index in [0.717, 1.165) is 40.8 Å². The maximum atomic E-state index is 6.09. The first kappa shape index (κ1) is 15.0. The average Bonchev–Trinajstić information content (AvgIpc) is 3.09. The number of fused-ring (bicyclic) bond motifs is 2. The van der Waals surface area contributed by atoms with Crippen LogP contribution in [0.4, 0.5) is 5.82 Å². The number of aryl methyl sites for hydroxylation is 2. The summed E-state index contributed by atoms with van der Waals surface area (Å²) in [6, 6.07) is 9.85. The van der Waals surface area contributed by atoms with Gasteiger partial charge in [-0.15, -0.1) is 15.3 Å². The molecule has 1 N–H and O–H groups in total. The van der Waals surface area contributed by atoms with Gasteiger partial charge < -0.3 is 9.88 Å². The Morgan fingerprint density at radius 3 is 2.92 bits per heavy atom. The number of halogens is 1. The zero-order valence-corrected chi connectivity index (χ0v) is 14.2. The number of hydrogen-bond acceptors (Lipinski definition) is 4. The fraction of sp³-hybridized carbons (Fsp3) is 0.235. The summed E-state index contributed by atoms with van der Waals surface area (Å²) in [7, 11) is 2.04. The van der Waals surface area contributed by atoms with Gasteiger partial charge in [0.05, 0.1) is 0 Å². The Morgan fingerprint density at radius 2 is 2.04 bits per heavy atom. The van der Waals surface area contributed by atoms with E-state index < -0.39 is 0 Å². The summed E-state index contributed by atoms with van der Waals surface area (Å²) in [4.78, 5) is 0. The van der Waals surface area contributed by atoms with Crippen molar-refractivity contribution in [3.05, 3.63) is 52.9 Å². The van der Waals surface area contributed by atoms with E-state index >= 15 is 0 Å². The average molecular weight is 341 g/mol. The molecule has 0 aliphatic heterocycles. The zero-order valence-electron chi connectivity index (χ0n) is 13.5.